The third-order valence-electron chi connectivity index (χ3n) is 4.98. The number of para-hydroxylation sites is 2. The molecule has 2 aromatic carbocycles. The molecule has 2 aromatic heterocycles. The van der Waals surface area contributed by atoms with Crippen molar-refractivity contribution in [2.75, 3.05) is 19.5 Å². The summed E-state index contributed by atoms with van der Waals surface area (Å²) >= 11 is 7.47. The number of aryl methyl sites for hydroxylation is 1. The molecule has 0 saturated carbocycles. The van der Waals surface area contributed by atoms with Crippen LogP contribution >= 0.6 is 22.9 Å². The molecule has 0 unspecified atom stereocenters. The van der Waals surface area contributed by atoms with E-state index in [1.807, 2.05) is 36.6 Å². The maximum absolute atomic E-state index is 11.9. The molecule has 0 amide bonds. The molecule has 0 fully saturated rings. The van der Waals surface area contributed by atoms with Crippen LogP contribution in [0.4, 0.5) is 11.5 Å². The highest BCUT2D eigenvalue weighted by molar-refractivity contribution is 7.13. The van der Waals surface area contributed by atoms with E-state index in [9.17, 15) is 9.90 Å². The fourth-order valence-electron chi connectivity index (χ4n) is 3.43. The van der Waals surface area contributed by atoms with Gasteiger partial charge in [0.2, 0.25) is 5.88 Å². The molecule has 8 nitrogen and oxygen atoms in total. The molecular formula is C23H21ClN4O4S. The number of thiazole rings is 1. The molecule has 10 heteroatoms. The summed E-state index contributed by atoms with van der Waals surface area (Å²) in [5.41, 5.74) is 2.64. The summed E-state index contributed by atoms with van der Waals surface area (Å²) in [6.45, 7) is 2.00. The van der Waals surface area contributed by atoms with Crippen molar-refractivity contribution < 1.29 is 19.4 Å². The van der Waals surface area contributed by atoms with Gasteiger partial charge in [0, 0.05) is 5.02 Å². The molecule has 0 atom stereocenters. The molecule has 2 N–H and O–H groups in total. The Morgan fingerprint density at radius 3 is 2.67 bits per heavy atom. The number of ether oxygens (including phenoxy) is 2. The van der Waals surface area contributed by atoms with Gasteiger partial charge in [-0.3, -0.25) is 0 Å². The van der Waals surface area contributed by atoms with Crippen molar-refractivity contribution in [3.8, 4) is 27.9 Å². The third-order valence-corrected chi connectivity index (χ3v) is 6.05. The van der Waals surface area contributed by atoms with E-state index < -0.39 is 5.97 Å². The van der Waals surface area contributed by atoms with Crippen LogP contribution < -0.4 is 14.8 Å². The number of halogens is 1. The van der Waals surface area contributed by atoms with Crippen molar-refractivity contribution >= 4 is 40.4 Å². The molecule has 4 rings (SSSR count). The topological polar surface area (TPSA) is 98.5 Å². The third kappa shape index (κ3) is 4.37. The van der Waals surface area contributed by atoms with Crippen molar-refractivity contribution in [3.05, 3.63) is 64.1 Å². The van der Waals surface area contributed by atoms with Crippen LogP contribution in [0.5, 0.6) is 11.6 Å². The second-order valence-corrected chi connectivity index (χ2v) is 8.22. The Morgan fingerprint density at radius 1 is 1.21 bits per heavy atom. The van der Waals surface area contributed by atoms with E-state index in [1.165, 1.54) is 17.4 Å². The smallest absolute Gasteiger partial charge is 0.337 e. The van der Waals surface area contributed by atoms with Gasteiger partial charge in [0.15, 0.2) is 0 Å². The minimum atomic E-state index is -1.10. The molecule has 2 heterocycles. The van der Waals surface area contributed by atoms with E-state index in [0.717, 1.165) is 11.3 Å². The number of hydrogen-bond acceptors (Lipinski definition) is 7. The minimum Gasteiger partial charge on any atom is -0.494 e. The first kappa shape index (κ1) is 22.6. The normalized spacial score (nSPS) is 10.8. The van der Waals surface area contributed by atoms with Crippen molar-refractivity contribution in [1.82, 2.24) is 14.8 Å². The summed E-state index contributed by atoms with van der Waals surface area (Å²) in [6.07, 6.45) is 0.625. The molecule has 0 aliphatic heterocycles. The van der Waals surface area contributed by atoms with Gasteiger partial charge in [-0.25, -0.2) is 14.5 Å². The number of benzene rings is 2. The Balaban J connectivity index is 1.99. The fraction of sp³-hybridized carbons (Fsp3) is 0.174. The van der Waals surface area contributed by atoms with Crippen molar-refractivity contribution in [1.29, 1.82) is 0 Å². The number of carboxylic acid groups (broad SMARTS) is 1. The van der Waals surface area contributed by atoms with Crippen molar-refractivity contribution in [2.45, 2.75) is 13.3 Å². The van der Waals surface area contributed by atoms with Crippen LogP contribution in [-0.4, -0.2) is 40.1 Å². The molecule has 0 spiro atoms. The highest BCUT2D eigenvalue weighted by Gasteiger charge is 2.25. The Hall–Kier alpha value is -3.56. The zero-order chi connectivity index (χ0) is 23.5. The van der Waals surface area contributed by atoms with Gasteiger partial charge in [-0.2, -0.15) is 5.10 Å². The van der Waals surface area contributed by atoms with Gasteiger partial charge in [-0.05, 0) is 36.8 Å². The monoisotopic (exact) mass is 484 g/mol. The molecular weight excluding hydrogens is 464 g/mol. The van der Waals surface area contributed by atoms with Gasteiger partial charge < -0.3 is 19.9 Å². The van der Waals surface area contributed by atoms with Crippen LogP contribution in [-0.2, 0) is 6.42 Å². The van der Waals surface area contributed by atoms with Crippen LogP contribution in [0.15, 0.2) is 47.8 Å². The summed E-state index contributed by atoms with van der Waals surface area (Å²) in [7, 11) is 3.15. The van der Waals surface area contributed by atoms with E-state index in [4.69, 9.17) is 26.2 Å². The van der Waals surface area contributed by atoms with Crippen molar-refractivity contribution in [2.24, 2.45) is 0 Å². The molecule has 0 bridgehead atoms. The number of carboxylic acids is 1. The molecule has 170 valence electrons. The van der Waals surface area contributed by atoms with Crippen LogP contribution in [0.2, 0.25) is 5.02 Å². The van der Waals surface area contributed by atoms with Crippen LogP contribution in [0, 0.1) is 0 Å². The molecule has 0 radical (unpaired) electrons. The predicted octanol–water partition coefficient (Wildman–Crippen LogP) is 5.67. The zero-order valence-corrected chi connectivity index (χ0v) is 19.7. The summed E-state index contributed by atoms with van der Waals surface area (Å²) in [4.78, 5) is 16.5. The van der Waals surface area contributed by atoms with E-state index in [2.05, 4.69) is 10.3 Å². The lowest BCUT2D eigenvalue weighted by atomic mass is 10.1. The maximum atomic E-state index is 11.9. The van der Waals surface area contributed by atoms with Crippen LogP contribution in [0.25, 0.3) is 16.3 Å². The summed E-state index contributed by atoms with van der Waals surface area (Å²) < 4.78 is 12.5. The number of nitrogens with one attached hydrogen (secondary N) is 1. The lowest BCUT2D eigenvalue weighted by molar-refractivity contribution is 0.0698. The van der Waals surface area contributed by atoms with E-state index >= 15 is 0 Å². The second-order valence-electron chi connectivity index (χ2n) is 6.92. The number of rotatable bonds is 8. The molecule has 4 aromatic rings. The van der Waals surface area contributed by atoms with Gasteiger partial charge in [-0.15, -0.1) is 11.3 Å². The predicted molar refractivity (Wildman–Crippen MR) is 129 cm³/mol. The van der Waals surface area contributed by atoms with E-state index in [0.29, 0.717) is 45.3 Å². The number of methoxy groups -OCH3 is 2. The molecule has 0 saturated heterocycles. The zero-order valence-electron chi connectivity index (χ0n) is 18.1. The summed E-state index contributed by atoms with van der Waals surface area (Å²) in [5, 5.41) is 20.7. The Bertz CT molecular complexity index is 1320. The Labute approximate surface area is 199 Å². The van der Waals surface area contributed by atoms with Crippen LogP contribution in [0.1, 0.15) is 23.0 Å². The van der Waals surface area contributed by atoms with Crippen molar-refractivity contribution in [3.63, 3.8) is 0 Å². The number of hydrogen-bond donors (Lipinski definition) is 2. The highest BCUT2D eigenvalue weighted by Crippen LogP contribution is 2.40. The minimum absolute atomic E-state index is 0.0380. The fourth-order valence-corrected chi connectivity index (χ4v) is 4.44. The summed E-state index contributed by atoms with van der Waals surface area (Å²) in [5.74, 6) is 0.559. The lowest BCUT2D eigenvalue weighted by Gasteiger charge is -2.15. The van der Waals surface area contributed by atoms with Gasteiger partial charge in [-0.1, -0.05) is 30.7 Å². The first-order valence-corrected chi connectivity index (χ1v) is 11.3. The van der Waals surface area contributed by atoms with Gasteiger partial charge in [0.25, 0.3) is 0 Å². The highest BCUT2D eigenvalue weighted by atomic mass is 35.5. The number of anilines is 2. The number of aromatic nitrogens is 3. The first-order valence-electron chi connectivity index (χ1n) is 10.0. The quantitative estimate of drug-likeness (QED) is 0.332. The Morgan fingerprint density at radius 2 is 2.00 bits per heavy atom. The van der Waals surface area contributed by atoms with Gasteiger partial charge in [0.05, 0.1) is 42.1 Å². The SMILES string of the molecule is CCc1nn(-c2ccccc2OC)c(Nc2ccc(Cl)cc2C(=O)O)c1-c1nc(OC)cs1. The van der Waals surface area contributed by atoms with E-state index in [-0.39, 0.29) is 5.56 Å². The standard InChI is InChI=1S/C23H21ClN4O4S/c1-4-15-20(22-26-19(32-3)12-33-22)21(25-16-10-9-13(24)11-14(16)23(29)30)28(27-15)17-7-5-6-8-18(17)31-2/h5-12,25H,4H2,1-3H3,(H,29,30). The number of nitrogens with zero attached hydrogens (tertiary/aromatic N) is 3. The average molecular weight is 485 g/mol. The molecule has 0 aliphatic carbocycles. The molecule has 0 aliphatic rings. The largest absolute Gasteiger partial charge is 0.494 e. The second kappa shape index (κ2) is 9.51. The lowest BCUT2D eigenvalue weighted by Crippen LogP contribution is -2.08. The summed E-state index contributed by atoms with van der Waals surface area (Å²) in [6, 6.07) is 12.1. The maximum Gasteiger partial charge on any atom is 0.337 e. The molecule has 33 heavy (non-hydrogen) atoms. The van der Waals surface area contributed by atoms with Crippen LogP contribution in [0.3, 0.4) is 0 Å². The average Bonchev–Trinajstić information content (AvgIpc) is 3.44. The van der Waals surface area contributed by atoms with Gasteiger partial charge >= 0.3 is 5.97 Å². The Kier molecular flexibility index (Phi) is 6.52. The number of aromatic carboxylic acids is 1. The first-order chi connectivity index (χ1) is 16.0. The van der Waals surface area contributed by atoms with E-state index in [1.54, 1.807) is 31.0 Å². The van der Waals surface area contributed by atoms with Gasteiger partial charge in [0.1, 0.15) is 22.3 Å². The number of carbonyl (C=O) groups is 1.